The molecule has 4 aliphatic rings. The van der Waals surface area contributed by atoms with E-state index in [2.05, 4.69) is 278 Å². The van der Waals surface area contributed by atoms with Gasteiger partial charge in [0.15, 0.2) is 0 Å². The SMILES string of the molecule is c1ccc(-c2ccc3oc4cccc(-c5ccc(N(c6ccc7c(c6)C6(c8ccccc8O7)c7ccccc7-c7ccccc76)c6ccc7c(c6)C6(c8ccccc8O7)c7ccccc7-c7ccccc76)cc5)c4c3c2)cc1. The summed E-state index contributed by atoms with van der Waals surface area (Å²) in [6.07, 6.45) is 0. The van der Waals surface area contributed by atoms with Crippen LogP contribution in [-0.4, -0.2) is 0 Å². The number of rotatable bonds is 5. The van der Waals surface area contributed by atoms with Gasteiger partial charge in [-0.1, -0.05) is 194 Å². The Balaban J connectivity index is 0.899. The largest absolute Gasteiger partial charge is 0.457 e. The summed E-state index contributed by atoms with van der Waals surface area (Å²) in [5.74, 6) is 3.41. The molecule has 0 atom stereocenters. The fourth-order valence-corrected chi connectivity index (χ4v) is 14.1. The van der Waals surface area contributed by atoms with Crippen molar-refractivity contribution in [3.05, 3.63) is 317 Å². The first-order chi connectivity index (χ1) is 38.7. The standard InChI is InChI=1S/C74H45NO3/c1-2-17-46(18-3-1)48-35-40-66-57(43-48)72-52(23-16-32-71(72)76-66)47-33-36-49(37-34-47)75(50-38-41-69-64(44-50)73(62-28-12-14-30-67(62)77-69)58-24-8-4-19-53(58)54-20-5-9-25-59(54)73)51-39-42-70-65(45-51)74(63-29-13-15-31-68(63)78-70)60-26-10-6-21-55(60)56-22-7-11-27-61(56)74/h1-45H. The zero-order valence-corrected chi connectivity index (χ0v) is 42.2. The van der Waals surface area contributed by atoms with Crippen molar-refractivity contribution < 1.29 is 13.9 Å². The van der Waals surface area contributed by atoms with E-state index < -0.39 is 10.8 Å². The van der Waals surface area contributed by atoms with Crippen LogP contribution in [0.15, 0.2) is 277 Å². The minimum Gasteiger partial charge on any atom is -0.457 e. The summed E-state index contributed by atoms with van der Waals surface area (Å²) in [4.78, 5) is 2.42. The molecule has 4 heteroatoms. The molecule has 12 aromatic carbocycles. The first kappa shape index (κ1) is 43.1. The first-order valence-electron chi connectivity index (χ1n) is 26.8. The van der Waals surface area contributed by atoms with Gasteiger partial charge >= 0.3 is 0 Å². The third kappa shape index (κ3) is 5.78. The second-order valence-electron chi connectivity index (χ2n) is 21.0. The highest BCUT2D eigenvalue weighted by Crippen LogP contribution is 2.65. The van der Waals surface area contributed by atoms with Crippen molar-refractivity contribution in [3.63, 3.8) is 0 Å². The quantitative estimate of drug-likeness (QED) is 0.172. The summed E-state index contributed by atoms with van der Waals surface area (Å²) < 4.78 is 20.5. The predicted molar refractivity (Wildman–Crippen MR) is 314 cm³/mol. The van der Waals surface area contributed by atoms with Gasteiger partial charge in [-0.2, -0.15) is 0 Å². The lowest BCUT2D eigenvalue weighted by atomic mass is 9.66. The highest BCUT2D eigenvalue weighted by atomic mass is 16.5. The molecule has 2 aliphatic heterocycles. The zero-order valence-electron chi connectivity index (χ0n) is 42.2. The molecule has 0 bridgehead atoms. The predicted octanol–water partition coefficient (Wildman–Crippen LogP) is 19.3. The molecule has 17 rings (SSSR count). The van der Waals surface area contributed by atoms with Crippen LogP contribution in [0.2, 0.25) is 0 Å². The fourth-order valence-electron chi connectivity index (χ4n) is 14.1. The third-order valence-electron chi connectivity index (χ3n) is 17.2. The monoisotopic (exact) mass is 995 g/mol. The maximum absolute atomic E-state index is 6.99. The van der Waals surface area contributed by atoms with Gasteiger partial charge in [-0.3, -0.25) is 0 Å². The highest BCUT2D eigenvalue weighted by Gasteiger charge is 2.53. The van der Waals surface area contributed by atoms with Gasteiger partial charge in [0.25, 0.3) is 0 Å². The number of furan rings is 1. The number of anilines is 3. The summed E-state index contributed by atoms with van der Waals surface area (Å²) in [6, 6.07) is 99.1. The number of ether oxygens (including phenoxy) is 2. The van der Waals surface area contributed by atoms with E-state index in [9.17, 15) is 0 Å². The molecule has 2 aliphatic carbocycles. The highest BCUT2D eigenvalue weighted by molar-refractivity contribution is 6.13. The molecule has 3 heterocycles. The van der Waals surface area contributed by atoms with E-state index in [0.717, 1.165) is 101 Å². The molecule has 0 N–H and O–H groups in total. The van der Waals surface area contributed by atoms with Crippen LogP contribution >= 0.6 is 0 Å². The Bertz CT molecular complexity index is 4360. The second-order valence-corrected chi connectivity index (χ2v) is 21.0. The van der Waals surface area contributed by atoms with Crippen molar-refractivity contribution in [1.29, 1.82) is 0 Å². The Morgan fingerprint density at radius 1 is 0.256 bits per heavy atom. The maximum Gasteiger partial charge on any atom is 0.136 e. The van der Waals surface area contributed by atoms with E-state index in [1.54, 1.807) is 0 Å². The third-order valence-corrected chi connectivity index (χ3v) is 17.2. The van der Waals surface area contributed by atoms with Crippen LogP contribution in [-0.2, 0) is 10.8 Å². The van der Waals surface area contributed by atoms with E-state index in [4.69, 9.17) is 13.9 Å². The van der Waals surface area contributed by atoms with Gasteiger partial charge in [0.2, 0.25) is 0 Å². The normalized spacial score (nSPS) is 14.1. The Kier molecular flexibility index (Phi) is 8.94. The number of nitrogens with zero attached hydrogens (tertiary/aromatic N) is 1. The summed E-state index contributed by atoms with van der Waals surface area (Å²) in [6.45, 7) is 0. The van der Waals surface area contributed by atoms with Crippen molar-refractivity contribution in [3.8, 4) is 67.5 Å². The van der Waals surface area contributed by atoms with Crippen molar-refractivity contribution in [1.82, 2.24) is 0 Å². The lowest BCUT2D eigenvalue weighted by Gasteiger charge is -2.41. The van der Waals surface area contributed by atoms with Crippen LogP contribution < -0.4 is 14.4 Å². The van der Waals surface area contributed by atoms with Gasteiger partial charge in [0.1, 0.15) is 34.2 Å². The van der Waals surface area contributed by atoms with E-state index in [1.165, 1.54) is 50.1 Å². The molecular formula is C74H45NO3. The van der Waals surface area contributed by atoms with Gasteiger partial charge in [-0.05, 0) is 146 Å². The molecule has 2 spiro atoms. The molecule has 0 amide bonds. The maximum atomic E-state index is 6.99. The first-order valence-corrected chi connectivity index (χ1v) is 26.8. The van der Waals surface area contributed by atoms with Gasteiger partial charge in [-0.25, -0.2) is 0 Å². The summed E-state index contributed by atoms with van der Waals surface area (Å²) in [7, 11) is 0. The number of benzene rings is 12. The van der Waals surface area contributed by atoms with Crippen molar-refractivity contribution in [2.45, 2.75) is 10.8 Å². The van der Waals surface area contributed by atoms with Gasteiger partial charge in [0.05, 0.1) is 10.8 Å². The molecule has 4 nitrogen and oxygen atoms in total. The van der Waals surface area contributed by atoms with E-state index >= 15 is 0 Å². The molecule has 1 aromatic heterocycles. The smallest absolute Gasteiger partial charge is 0.136 e. The molecule has 0 radical (unpaired) electrons. The van der Waals surface area contributed by atoms with Crippen LogP contribution in [0.5, 0.6) is 23.0 Å². The zero-order chi connectivity index (χ0) is 51.1. The van der Waals surface area contributed by atoms with Gasteiger partial charge in [-0.15, -0.1) is 0 Å². The van der Waals surface area contributed by atoms with E-state index in [1.807, 2.05) is 0 Å². The lowest BCUT2D eigenvalue weighted by Crippen LogP contribution is -2.32. The Morgan fingerprint density at radius 2 is 0.679 bits per heavy atom. The minimum atomic E-state index is -0.649. The average molecular weight is 996 g/mol. The summed E-state index contributed by atoms with van der Waals surface area (Å²) >= 11 is 0. The molecular weight excluding hydrogens is 951 g/mol. The average Bonchev–Trinajstić information content (AvgIpc) is 3.94. The molecule has 0 saturated heterocycles. The molecule has 364 valence electrons. The molecule has 0 saturated carbocycles. The summed E-state index contributed by atoms with van der Waals surface area (Å²) in [5, 5.41) is 2.20. The number of hydrogen-bond acceptors (Lipinski definition) is 4. The molecule has 78 heavy (non-hydrogen) atoms. The molecule has 13 aromatic rings. The van der Waals surface area contributed by atoms with Crippen molar-refractivity contribution >= 4 is 39.0 Å². The van der Waals surface area contributed by atoms with Crippen molar-refractivity contribution in [2.75, 3.05) is 4.90 Å². The Morgan fingerprint density at radius 3 is 1.21 bits per heavy atom. The van der Waals surface area contributed by atoms with E-state index in [-0.39, 0.29) is 0 Å². The Hall–Kier alpha value is -10.2. The van der Waals surface area contributed by atoms with Gasteiger partial charge < -0.3 is 18.8 Å². The summed E-state index contributed by atoms with van der Waals surface area (Å²) in [5.41, 5.74) is 22.4. The fraction of sp³-hybridized carbons (Fsp3) is 0.0270. The van der Waals surface area contributed by atoms with E-state index in [0.29, 0.717) is 0 Å². The van der Waals surface area contributed by atoms with Crippen LogP contribution in [0.3, 0.4) is 0 Å². The van der Waals surface area contributed by atoms with Crippen LogP contribution in [0.1, 0.15) is 44.5 Å². The molecule has 0 fully saturated rings. The lowest BCUT2D eigenvalue weighted by molar-refractivity contribution is 0.436. The number of hydrogen-bond donors (Lipinski definition) is 0. The van der Waals surface area contributed by atoms with Crippen molar-refractivity contribution in [2.24, 2.45) is 0 Å². The topological polar surface area (TPSA) is 34.8 Å². The van der Waals surface area contributed by atoms with Crippen LogP contribution in [0, 0.1) is 0 Å². The second kappa shape index (κ2) is 16.2. The Labute approximate surface area is 451 Å². The number of para-hydroxylation sites is 2. The minimum absolute atomic E-state index is 0.649. The van der Waals surface area contributed by atoms with Gasteiger partial charge in [0, 0.05) is 50.1 Å². The number of fused-ring (bicyclic) bond motifs is 21. The molecule has 0 unspecified atom stereocenters. The van der Waals surface area contributed by atoms with Crippen LogP contribution in [0.25, 0.3) is 66.4 Å². The van der Waals surface area contributed by atoms with Crippen LogP contribution in [0.4, 0.5) is 17.1 Å².